The number of rotatable bonds is 5. The summed E-state index contributed by atoms with van der Waals surface area (Å²) in [5, 5.41) is -0.894. The molecule has 0 spiro atoms. The molecule has 0 saturated carbocycles. The Kier molecular flexibility index (Phi) is 4.93. The smallest absolute Gasteiger partial charge is 0.261 e. The lowest BCUT2D eigenvalue weighted by Gasteiger charge is -2.19. The molecular weight excluding hydrogens is 430 g/mol. The van der Waals surface area contributed by atoms with Crippen molar-refractivity contribution in [3.8, 4) is 0 Å². The van der Waals surface area contributed by atoms with Crippen molar-refractivity contribution in [2.75, 3.05) is 4.72 Å². The SMILES string of the molecule is O=S(=O)([O-])c1ccc(NS(=O)(=O)c2ccccc2)c2c(S(=O)(=O)[O-])cccc12. The van der Waals surface area contributed by atoms with E-state index in [0.717, 1.165) is 30.3 Å². The third-order valence-corrected chi connectivity index (χ3v) is 6.95. The average Bonchev–Trinajstić information content (AvgIpc) is 2.60. The maximum Gasteiger partial charge on any atom is 0.261 e. The predicted molar refractivity (Wildman–Crippen MR) is 97.1 cm³/mol. The fourth-order valence-electron chi connectivity index (χ4n) is 2.66. The number of sulfonamides is 1. The second kappa shape index (κ2) is 6.83. The van der Waals surface area contributed by atoms with Gasteiger partial charge in [-0.1, -0.05) is 30.3 Å². The third-order valence-electron chi connectivity index (χ3n) is 3.80. The Bertz CT molecular complexity index is 1380. The van der Waals surface area contributed by atoms with Gasteiger partial charge in [0.05, 0.1) is 20.4 Å². The molecule has 28 heavy (non-hydrogen) atoms. The lowest BCUT2D eigenvalue weighted by atomic mass is 10.1. The monoisotopic (exact) mass is 441 g/mol. The molecule has 148 valence electrons. The van der Waals surface area contributed by atoms with Crippen molar-refractivity contribution in [2.45, 2.75) is 14.7 Å². The minimum absolute atomic E-state index is 0.147. The summed E-state index contributed by atoms with van der Waals surface area (Å²) in [6.07, 6.45) is 0. The highest BCUT2D eigenvalue weighted by Gasteiger charge is 2.20. The molecule has 0 fully saturated rings. The molecule has 0 bridgehead atoms. The van der Waals surface area contributed by atoms with Gasteiger partial charge in [-0.15, -0.1) is 0 Å². The zero-order valence-electron chi connectivity index (χ0n) is 13.8. The molecule has 0 aromatic heterocycles. The molecule has 0 radical (unpaired) electrons. The van der Waals surface area contributed by atoms with Gasteiger partial charge in [-0.05, 0) is 30.3 Å². The van der Waals surface area contributed by atoms with E-state index in [-0.39, 0.29) is 16.0 Å². The minimum atomic E-state index is -5.12. The Morgan fingerprint density at radius 3 is 1.82 bits per heavy atom. The maximum atomic E-state index is 12.6. The van der Waals surface area contributed by atoms with E-state index in [1.165, 1.54) is 24.3 Å². The summed E-state index contributed by atoms with van der Waals surface area (Å²) in [6.45, 7) is 0. The molecule has 0 unspecified atom stereocenters. The van der Waals surface area contributed by atoms with Gasteiger partial charge in [0.1, 0.15) is 20.2 Å². The van der Waals surface area contributed by atoms with Crippen LogP contribution >= 0.6 is 0 Å². The number of benzene rings is 3. The van der Waals surface area contributed by atoms with Crippen LogP contribution in [0.3, 0.4) is 0 Å². The Morgan fingerprint density at radius 1 is 0.643 bits per heavy atom. The topological polar surface area (TPSA) is 161 Å². The summed E-state index contributed by atoms with van der Waals surface area (Å²) in [5.74, 6) is 0. The highest BCUT2D eigenvalue weighted by Crippen LogP contribution is 2.35. The number of hydrogen-bond acceptors (Lipinski definition) is 8. The van der Waals surface area contributed by atoms with E-state index >= 15 is 0 Å². The van der Waals surface area contributed by atoms with Crippen LogP contribution in [-0.4, -0.2) is 34.4 Å². The van der Waals surface area contributed by atoms with Gasteiger partial charge in [-0.2, -0.15) is 0 Å². The molecule has 3 aromatic rings. The molecule has 0 heterocycles. The molecule has 9 nitrogen and oxygen atoms in total. The quantitative estimate of drug-likeness (QED) is 0.582. The number of fused-ring (bicyclic) bond motifs is 1. The van der Waals surface area contributed by atoms with Crippen LogP contribution in [0.2, 0.25) is 0 Å². The normalized spacial score (nSPS) is 12.8. The van der Waals surface area contributed by atoms with Crippen LogP contribution in [0.4, 0.5) is 5.69 Å². The summed E-state index contributed by atoms with van der Waals surface area (Å²) < 4.78 is 96.7. The number of hydrogen-bond donors (Lipinski definition) is 1. The zero-order chi connectivity index (χ0) is 20.7. The van der Waals surface area contributed by atoms with Gasteiger partial charge < -0.3 is 9.11 Å². The highest BCUT2D eigenvalue weighted by atomic mass is 32.2. The Morgan fingerprint density at radius 2 is 1.25 bits per heavy atom. The van der Waals surface area contributed by atoms with Gasteiger partial charge >= 0.3 is 0 Å². The van der Waals surface area contributed by atoms with Crippen LogP contribution in [0.5, 0.6) is 0 Å². The summed E-state index contributed by atoms with van der Waals surface area (Å²) in [6, 6.07) is 11.9. The van der Waals surface area contributed by atoms with E-state index in [0.29, 0.717) is 0 Å². The van der Waals surface area contributed by atoms with Crippen LogP contribution in [0.15, 0.2) is 75.4 Å². The second-order valence-corrected chi connectivity index (χ2v) is 10.00. The Labute approximate surface area is 161 Å². The lowest BCUT2D eigenvalue weighted by molar-refractivity contribution is 0.461. The highest BCUT2D eigenvalue weighted by molar-refractivity contribution is 7.92. The van der Waals surface area contributed by atoms with Crippen LogP contribution in [0, 0.1) is 0 Å². The third kappa shape index (κ3) is 3.86. The molecule has 0 aliphatic rings. The van der Waals surface area contributed by atoms with Crippen molar-refractivity contribution in [3.05, 3.63) is 60.7 Å². The first kappa shape index (κ1) is 20.2. The molecule has 3 aromatic carbocycles. The molecule has 12 heteroatoms. The van der Waals surface area contributed by atoms with Gasteiger partial charge in [-0.25, -0.2) is 25.3 Å². The van der Waals surface area contributed by atoms with Gasteiger partial charge in [-0.3, -0.25) is 4.72 Å². The van der Waals surface area contributed by atoms with E-state index in [1.54, 1.807) is 6.07 Å². The zero-order valence-corrected chi connectivity index (χ0v) is 16.2. The summed E-state index contributed by atoms with van der Waals surface area (Å²) in [7, 11) is -14.3. The molecule has 0 aliphatic carbocycles. The fourth-order valence-corrected chi connectivity index (χ4v) is 5.14. The van der Waals surface area contributed by atoms with Gasteiger partial charge in [0, 0.05) is 10.8 Å². The summed E-state index contributed by atoms with van der Waals surface area (Å²) in [4.78, 5) is -1.79. The first-order chi connectivity index (χ1) is 12.9. The molecule has 0 atom stereocenters. The fraction of sp³-hybridized carbons (Fsp3) is 0. The Balaban J connectivity index is 2.36. The molecule has 1 N–H and O–H groups in total. The van der Waals surface area contributed by atoms with Crippen molar-refractivity contribution in [1.82, 2.24) is 0 Å². The van der Waals surface area contributed by atoms with Crippen molar-refractivity contribution in [3.63, 3.8) is 0 Å². The predicted octanol–water partition coefficient (Wildman–Crippen LogP) is 1.45. The van der Waals surface area contributed by atoms with Crippen LogP contribution in [0.1, 0.15) is 0 Å². The van der Waals surface area contributed by atoms with Crippen molar-refractivity contribution < 1.29 is 34.4 Å². The van der Waals surface area contributed by atoms with Gasteiger partial charge in [0.2, 0.25) is 0 Å². The molecule has 0 aliphatic heterocycles. The van der Waals surface area contributed by atoms with E-state index < -0.39 is 45.4 Å². The summed E-state index contributed by atoms with van der Waals surface area (Å²) >= 11 is 0. The lowest BCUT2D eigenvalue weighted by Crippen LogP contribution is -2.14. The van der Waals surface area contributed by atoms with E-state index in [2.05, 4.69) is 4.72 Å². The van der Waals surface area contributed by atoms with E-state index in [1.807, 2.05) is 0 Å². The largest absolute Gasteiger partial charge is 0.744 e. The first-order valence-corrected chi connectivity index (χ1v) is 11.8. The minimum Gasteiger partial charge on any atom is -0.744 e. The Hall–Kier alpha value is -2.51. The number of nitrogens with one attached hydrogen (secondary N) is 1. The van der Waals surface area contributed by atoms with E-state index in [4.69, 9.17) is 0 Å². The summed E-state index contributed by atoms with van der Waals surface area (Å²) in [5.41, 5.74) is -0.360. The van der Waals surface area contributed by atoms with Crippen LogP contribution < -0.4 is 4.72 Å². The van der Waals surface area contributed by atoms with Crippen LogP contribution in [0.25, 0.3) is 10.8 Å². The van der Waals surface area contributed by atoms with Crippen molar-refractivity contribution in [2.24, 2.45) is 0 Å². The van der Waals surface area contributed by atoms with Gasteiger partial charge in [0.15, 0.2) is 0 Å². The molecule has 0 amide bonds. The number of anilines is 1. The van der Waals surface area contributed by atoms with Gasteiger partial charge in [0.25, 0.3) is 10.0 Å². The molecular formula is C16H11NO8S3-2. The molecule has 3 rings (SSSR count). The molecule has 0 saturated heterocycles. The standard InChI is InChI=1S/C16H13NO8S3/c18-26(19,11-5-2-1-3-6-11)17-13-9-10-14(27(20,21)22)12-7-4-8-15(16(12)13)28(23,24)25/h1-10,17H,(H,20,21,22)(H,23,24,25)/p-2. The maximum absolute atomic E-state index is 12.6. The van der Waals surface area contributed by atoms with E-state index in [9.17, 15) is 34.4 Å². The second-order valence-electron chi connectivity index (χ2n) is 5.62. The first-order valence-electron chi connectivity index (χ1n) is 7.47. The average molecular weight is 441 g/mol. The van der Waals surface area contributed by atoms with Crippen LogP contribution in [-0.2, 0) is 30.3 Å². The van der Waals surface area contributed by atoms with Crippen molar-refractivity contribution >= 4 is 46.7 Å². The van der Waals surface area contributed by atoms with Crippen molar-refractivity contribution in [1.29, 1.82) is 0 Å².